The van der Waals surface area contributed by atoms with Crippen molar-refractivity contribution in [2.75, 3.05) is 0 Å². The van der Waals surface area contributed by atoms with Crippen LogP contribution in [0.15, 0.2) is 36.4 Å². The molecule has 0 saturated heterocycles. The average molecular weight is 343 g/mol. The van der Waals surface area contributed by atoms with Gasteiger partial charge in [-0.3, -0.25) is 9.59 Å². The van der Waals surface area contributed by atoms with E-state index in [0.29, 0.717) is 25.2 Å². The number of rotatable bonds is 11. The summed E-state index contributed by atoms with van der Waals surface area (Å²) >= 11 is 0. The number of hydrogen-bond acceptors (Lipinski definition) is 2. The van der Waals surface area contributed by atoms with Gasteiger partial charge >= 0.3 is 0 Å². The maximum atomic E-state index is 12.3. The molecule has 0 fully saturated rings. The Morgan fingerprint density at radius 3 is 2.16 bits per heavy atom. The molecule has 138 valence electrons. The Kier molecular flexibility index (Phi) is 8.82. The zero-order chi connectivity index (χ0) is 19.0. The highest BCUT2D eigenvalue weighted by Gasteiger charge is 2.19. The summed E-state index contributed by atoms with van der Waals surface area (Å²) in [5.74, 6) is 1.12. The lowest BCUT2D eigenvalue weighted by molar-refractivity contribution is -0.126. The molecule has 0 aliphatic heterocycles. The zero-order valence-electron chi connectivity index (χ0n) is 16.6. The van der Waals surface area contributed by atoms with Crippen LogP contribution in [-0.2, 0) is 16.0 Å². The fourth-order valence-electron chi connectivity index (χ4n) is 3.11. The molecule has 0 unspecified atom stereocenters. The normalized spacial score (nSPS) is 13.5. The Hall–Kier alpha value is -1.70. The van der Waals surface area contributed by atoms with Gasteiger partial charge in [0.25, 0.3) is 0 Å². The molecule has 1 rings (SSSR count). The molecule has 25 heavy (non-hydrogen) atoms. The van der Waals surface area contributed by atoms with Crippen LogP contribution in [0.3, 0.4) is 0 Å². The Balaban J connectivity index is 2.44. The van der Waals surface area contributed by atoms with Crippen molar-refractivity contribution in [3.05, 3.63) is 47.5 Å². The molecule has 0 amide bonds. The smallest absolute Gasteiger partial charge is 0.136 e. The van der Waals surface area contributed by atoms with Crippen molar-refractivity contribution in [3.8, 4) is 0 Å². The molecule has 0 radical (unpaired) electrons. The maximum absolute atomic E-state index is 12.3. The minimum absolute atomic E-state index is 0.0388. The van der Waals surface area contributed by atoms with E-state index in [1.165, 1.54) is 11.1 Å². The van der Waals surface area contributed by atoms with Gasteiger partial charge in [0, 0.05) is 25.2 Å². The van der Waals surface area contributed by atoms with Gasteiger partial charge in [-0.05, 0) is 44.1 Å². The van der Waals surface area contributed by atoms with Gasteiger partial charge < -0.3 is 0 Å². The number of ketones is 2. The van der Waals surface area contributed by atoms with Gasteiger partial charge in [-0.25, -0.2) is 0 Å². The van der Waals surface area contributed by atoms with Crippen LogP contribution in [-0.4, -0.2) is 11.6 Å². The molecule has 0 aliphatic rings. The highest BCUT2D eigenvalue weighted by atomic mass is 16.1. The molecule has 0 saturated carbocycles. The second-order valence-electron chi connectivity index (χ2n) is 7.97. The number of allylic oxidation sites excluding steroid dienone is 1. The summed E-state index contributed by atoms with van der Waals surface area (Å²) < 4.78 is 0. The van der Waals surface area contributed by atoms with Crippen LogP contribution in [0.4, 0.5) is 0 Å². The first-order valence-corrected chi connectivity index (χ1v) is 9.44. The maximum Gasteiger partial charge on any atom is 0.136 e. The van der Waals surface area contributed by atoms with Crippen LogP contribution in [0.5, 0.6) is 0 Å². The van der Waals surface area contributed by atoms with Crippen LogP contribution in [0.25, 0.3) is 0 Å². The number of hydrogen-bond donors (Lipinski definition) is 0. The molecule has 0 bridgehead atoms. The molecule has 1 aromatic rings. The molecule has 2 atom stereocenters. The summed E-state index contributed by atoms with van der Waals surface area (Å²) in [5.41, 5.74) is 3.47. The molecule has 2 heteroatoms. The largest absolute Gasteiger partial charge is 0.300 e. The Morgan fingerprint density at radius 1 is 1.04 bits per heavy atom. The lowest BCUT2D eigenvalue weighted by atomic mass is 9.86. The first kappa shape index (κ1) is 21.3. The summed E-state index contributed by atoms with van der Waals surface area (Å²) in [6, 6.07) is 8.30. The van der Waals surface area contributed by atoms with E-state index in [9.17, 15) is 9.59 Å². The monoisotopic (exact) mass is 342 g/mol. The van der Waals surface area contributed by atoms with E-state index in [4.69, 9.17) is 0 Å². The summed E-state index contributed by atoms with van der Waals surface area (Å²) in [7, 11) is 0. The van der Waals surface area contributed by atoms with Crippen molar-refractivity contribution >= 4 is 11.6 Å². The van der Waals surface area contributed by atoms with Crippen LogP contribution in [0.2, 0.25) is 0 Å². The van der Waals surface area contributed by atoms with Gasteiger partial charge in [-0.15, -0.1) is 0 Å². The van der Waals surface area contributed by atoms with Gasteiger partial charge in [0.1, 0.15) is 11.6 Å². The fraction of sp³-hybridized carbons (Fsp3) is 0.565. The number of carbonyl (C=O) groups excluding carboxylic acids is 2. The lowest BCUT2D eigenvalue weighted by Gasteiger charge is -2.18. The molecule has 1 aromatic carbocycles. The Bertz CT molecular complexity index is 581. The number of carbonyl (C=O) groups is 2. The average Bonchev–Trinajstić information content (AvgIpc) is 2.53. The van der Waals surface area contributed by atoms with Crippen molar-refractivity contribution in [2.24, 2.45) is 17.8 Å². The van der Waals surface area contributed by atoms with E-state index in [0.717, 1.165) is 18.4 Å². The van der Waals surface area contributed by atoms with Gasteiger partial charge in [-0.2, -0.15) is 0 Å². The Morgan fingerprint density at radius 2 is 1.64 bits per heavy atom. The number of benzene rings is 1. The topological polar surface area (TPSA) is 34.1 Å². The van der Waals surface area contributed by atoms with Crippen molar-refractivity contribution in [1.29, 1.82) is 0 Å². The summed E-state index contributed by atoms with van der Waals surface area (Å²) in [6.45, 7) is 14.4. The number of Topliss-reactive ketones (excluding diaryl/α,β-unsaturated/α-hetero) is 2. The van der Waals surface area contributed by atoms with E-state index < -0.39 is 0 Å². The molecule has 0 heterocycles. The Labute approximate surface area is 153 Å². The van der Waals surface area contributed by atoms with Gasteiger partial charge in [0.05, 0.1) is 0 Å². The SMILES string of the molecule is C=C(C)[C@@H](CC(=O)CCC(=O)[C@@H](C)Cc1ccc(C)cc1)CC(C)C. The predicted molar refractivity (Wildman–Crippen MR) is 106 cm³/mol. The predicted octanol–water partition coefficient (Wildman–Crippen LogP) is 5.72. The summed E-state index contributed by atoms with van der Waals surface area (Å²) in [5, 5.41) is 0. The first-order valence-electron chi connectivity index (χ1n) is 9.44. The van der Waals surface area contributed by atoms with E-state index in [1.54, 1.807) is 0 Å². The highest BCUT2D eigenvalue weighted by molar-refractivity contribution is 5.87. The highest BCUT2D eigenvalue weighted by Crippen LogP contribution is 2.23. The van der Waals surface area contributed by atoms with Crippen LogP contribution >= 0.6 is 0 Å². The fourth-order valence-corrected chi connectivity index (χ4v) is 3.11. The third-order valence-corrected chi connectivity index (χ3v) is 4.79. The van der Waals surface area contributed by atoms with Crippen LogP contribution in [0.1, 0.15) is 64.5 Å². The molecule has 0 aliphatic carbocycles. The molecule has 0 spiro atoms. The first-order chi connectivity index (χ1) is 11.7. The van der Waals surface area contributed by atoms with Crippen molar-refractivity contribution < 1.29 is 9.59 Å². The van der Waals surface area contributed by atoms with Gasteiger partial charge in [0.15, 0.2) is 0 Å². The van der Waals surface area contributed by atoms with E-state index in [-0.39, 0.29) is 23.4 Å². The van der Waals surface area contributed by atoms with Crippen molar-refractivity contribution in [1.82, 2.24) is 0 Å². The van der Waals surface area contributed by atoms with Crippen LogP contribution < -0.4 is 0 Å². The minimum atomic E-state index is -0.0388. The summed E-state index contributed by atoms with van der Waals surface area (Å²) in [4.78, 5) is 24.6. The minimum Gasteiger partial charge on any atom is -0.300 e. The van der Waals surface area contributed by atoms with Crippen molar-refractivity contribution in [3.63, 3.8) is 0 Å². The zero-order valence-corrected chi connectivity index (χ0v) is 16.6. The third-order valence-electron chi connectivity index (χ3n) is 4.79. The molecule has 0 N–H and O–H groups in total. The molecular formula is C23H34O2. The molecule has 0 aromatic heterocycles. The standard InChI is InChI=1S/C23H34O2/c1-16(2)13-21(17(3)4)15-22(24)11-12-23(25)19(6)14-20-9-7-18(5)8-10-20/h7-10,16,19,21H,3,11-15H2,1-2,4-6H3/t19-,21+/m0/s1. The van der Waals surface area contributed by atoms with Gasteiger partial charge in [-0.1, -0.05) is 62.8 Å². The second-order valence-corrected chi connectivity index (χ2v) is 7.97. The summed E-state index contributed by atoms with van der Waals surface area (Å²) in [6.07, 6.45) is 2.97. The quantitative estimate of drug-likeness (QED) is 0.482. The lowest BCUT2D eigenvalue weighted by Crippen LogP contribution is -2.17. The third kappa shape index (κ3) is 8.29. The van der Waals surface area contributed by atoms with E-state index in [1.807, 2.05) is 13.8 Å². The second kappa shape index (κ2) is 10.3. The van der Waals surface area contributed by atoms with E-state index >= 15 is 0 Å². The number of aryl methyl sites for hydroxylation is 1. The van der Waals surface area contributed by atoms with Gasteiger partial charge in [0.2, 0.25) is 0 Å². The van der Waals surface area contributed by atoms with E-state index in [2.05, 4.69) is 51.6 Å². The van der Waals surface area contributed by atoms with Crippen LogP contribution in [0, 0.1) is 24.7 Å². The molecule has 2 nitrogen and oxygen atoms in total. The van der Waals surface area contributed by atoms with Crippen molar-refractivity contribution in [2.45, 2.75) is 66.7 Å². The molecular weight excluding hydrogens is 308 g/mol.